The fourth-order valence-corrected chi connectivity index (χ4v) is 3.81. The molecule has 2 aliphatic heterocycles. The molecule has 0 saturated carbocycles. The Kier molecular flexibility index (Phi) is 3.95. The second-order valence-electron chi connectivity index (χ2n) is 6.40. The summed E-state index contributed by atoms with van der Waals surface area (Å²) in [6, 6.07) is -0.0200. The van der Waals surface area contributed by atoms with Crippen LogP contribution in [-0.2, 0) is 9.53 Å². The molecule has 1 unspecified atom stereocenters. The Labute approximate surface area is 114 Å². The highest BCUT2D eigenvalue weighted by atomic mass is 32.2. The molecule has 1 amide bonds. The first kappa shape index (κ1) is 14.2. The van der Waals surface area contributed by atoms with E-state index < -0.39 is 0 Å². The van der Waals surface area contributed by atoms with Crippen LogP contribution in [0.3, 0.4) is 0 Å². The summed E-state index contributed by atoms with van der Waals surface area (Å²) in [6.07, 6.45) is 0. The molecule has 2 saturated heterocycles. The van der Waals surface area contributed by atoms with Crippen LogP contribution in [0.1, 0.15) is 27.7 Å². The molecule has 104 valence electrons. The van der Waals surface area contributed by atoms with Crippen LogP contribution in [0.5, 0.6) is 0 Å². The van der Waals surface area contributed by atoms with E-state index in [-0.39, 0.29) is 23.2 Å². The lowest BCUT2D eigenvalue weighted by molar-refractivity contribution is -0.188. The number of nitrogens with one attached hydrogen (secondary N) is 1. The predicted octanol–water partition coefficient (Wildman–Crippen LogP) is 1.11. The molecular formula is C13H24N2O2S. The van der Waals surface area contributed by atoms with Crippen molar-refractivity contribution in [2.45, 2.75) is 44.9 Å². The van der Waals surface area contributed by atoms with Gasteiger partial charge in [0.25, 0.3) is 0 Å². The van der Waals surface area contributed by atoms with Crippen molar-refractivity contribution in [3.8, 4) is 0 Å². The van der Waals surface area contributed by atoms with E-state index in [1.54, 1.807) is 0 Å². The standard InChI is InChI=1S/C13H24N2O2S/c1-12(2)8-15(9-13(3,4)17-12)11(16)10-7-18-6-5-14-10/h10,14H,5-9H2,1-4H3. The molecule has 0 bridgehead atoms. The SMILES string of the molecule is CC1(C)CN(C(=O)C2CSCCN2)CC(C)(C)O1. The van der Waals surface area contributed by atoms with Crippen LogP contribution in [0.4, 0.5) is 0 Å². The number of hydrogen-bond acceptors (Lipinski definition) is 4. The van der Waals surface area contributed by atoms with Crippen molar-refractivity contribution in [3.05, 3.63) is 0 Å². The number of nitrogens with zero attached hydrogens (tertiary/aromatic N) is 1. The number of hydrogen-bond donors (Lipinski definition) is 1. The summed E-state index contributed by atoms with van der Waals surface area (Å²) >= 11 is 1.85. The van der Waals surface area contributed by atoms with Gasteiger partial charge in [0.1, 0.15) is 0 Å². The first-order valence-electron chi connectivity index (χ1n) is 6.59. The molecule has 1 N–H and O–H groups in total. The number of amides is 1. The van der Waals surface area contributed by atoms with E-state index in [2.05, 4.69) is 33.0 Å². The fourth-order valence-electron chi connectivity index (χ4n) is 2.89. The highest BCUT2D eigenvalue weighted by Crippen LogP contribution is 2.28. The van der Waals surface area contributed by atoms with E-state index in [1.807, 2.05) is 16.7 Å². The Morgan fingerprint density at radius 2 is 1.89 bits per heavy atom. The third-order valence-corrected chi connectivity index (χ3v) is 4.29. The van der Waals surface area contributed by atoms with Gasteiger partial charge in [0.15, 0.2) is 0 Å². The summed E-state index contributed by atoms with van der Waals surface area (Å²) in [7, 11) is 0. The van der Waals surface area contributed by atoms with Gasteiger partial charge < -0.3 is 15.0 Å². The van der Waals surface area contributed by atoms with E-state index >= 15 is 0 Å². The minimum absolute atomic E-state index is 0.0200. The Morgan fingerprint density at radius 3 is 2.39 bits per heavy atom. The maximum atomic E-state index is 12.5. The van der Waals surface area contributed by atoms with E-state index in [0.717, 1.165) is 18.1 Å². The molecule has 0 aromatic rings. The molecule has 0 spiro atoms. The molecule has 2 rings (SSSR count). The van der Waals surface area contributed by atoms with Gasteiger partial charge in [-0.25, -0.2) is 0 Å². The third kappa shape index (κ3) is 3.39. The zero-order valence-corrected chi connectivity index (χ0v) is 12.6. The highest BCUT2D eigenvalue weighted by Gasteiger charge is 2.41. The van der Waals surface area contributed by atoms with Gasteiger partial charge in [-0.3, -0.25) is 4.79 Å². The summed E-state index contributed by atoms with van der Waals surface area (Å²) in [6.45, 7) is 10.5. The smallest absolute Gasteiger partial charge is 0.240 e. The van der Waals surface area contributed by atoms with Gasteiger partial charge in [0.2, 0.25) is 5.91 Å². The van der Waals surface area contributed by atoms with Crippen molar-refractivity contribution in [1.29, 1.82) is 0 Å². The first-order chi connectivity index (χ1) is 8.29. The average molecular weight is 272 g/mol. The number of ether oxygens (including phenoxy) is 1. The zero-order valence-electron chi connectivity index (χ0n) is 11.8. The molecule has 18 heavy (non-hydrogen) atoms. The van der Waals surface area contributed by atoms with Gasteiger partial charge in [-0.2, -0.15) is 11.8 Å². The molecule has 0 aromatic carbocycles. The lowest BCUT2D eigenvalue weighted by Crippen LogP contribution is -2.62. The molecule has 5 heteroatoms. The van der Waals surface area contributed by atoms with Crippen LogP contribution < -0.4 is 5.32 Å². The van der Waals surface area contributed by atoms with E-state index in [0.29, 0.717) is 13.1 Å². The van der Waals surface area contributed by atoms with Crippen LogP contribution in [0.15, 0.2) is 0 Å². The molecule has 1 atom stereocenters. The van der Waals surface area contributed by atoms with E-state index in [1.165, 1.54) is 0 Å². The van der Waals surface area contributed by atoms with Gasteiger partial charge in [0, 0.05) is 31.1 Å². The quantitative estimate of drug-likeness (QED) is 0.776. The van der Waals surface area contributed by atoms with Crippen molar-refractivity contribution in [2.75, 3.05) is 31.1 Å². The summed E-state index contributed by atoms with van der Waals surface area (Å²) in [5.74, 6) is 2.22. The molecule has 2 aliphatic rings. The van der Waals surface area contributed by atoms with Crippen molar-refractivity contribution in [3.63, 3.8) is 0 Å². The van der Waals surface area contributed by atoms with Gasteiger partial charge in [-0.15, -0.1) is 0 Å². The zero-order chi connectivity index (χ0) is 13.4. The lowest BCUT2D eigenvalue weighted by atomic mass is 9.98. The summed E-state index contributed by atoms with van der Waals surface area (Å²) in [5, 5.41) is 3.32. The maximum absolute atomic E-state index is 12.5. The normalized spacial score (nSPS) is 31.1. The lowest BCUT2D eigenvalue weighted by Gasteiger charge is -2.48. The minimum Gasteiger partial charge on any atom is -0.366 e. The number of carbonyl (C=O) groups is 1. The van der Waals surface area contributed by atoms with Crippen LogP contribution in [-0.4, -0.2) is 59.2 Å². The largest absolute Gasteiger partial charge is 0.366 e. The van der Waals surface area contributed by atoms with Crippen LogP contribution >= 0.6 is 11.8 Å². The van der Waals surface area contributed by atoms with Crippen molar-refractivity contribution >= 4 is 17.7 Å². The Morgan fingerprint density at radius 1 is 1.28 bits per heavy atom. The summed E-state index contributed by atoms with van der Waals surface area (Å²) < 4.78 is 6.01. The van der Waals surface area contributed by atoms with E-state index in [4.69, 9.17) is 4.74 Å². The second kappa shape index (κ2) is 5.02. The van der Waals surface area contributed by atoms with Crippen molar-refractivity contribution < 1.29 is 9.53 Å². The van der Waals surface area contributed by atoms with E-state index in [9.17, 15) is 4.79 Å². The number of thioether (sulfide) groups is 1. The number of rotatable bonds is 1. The number of carbonyl (C=O) groups excluding carboxylic acids is 1. The third-order valence-electron chi connectivity index (χ3n) is 3.23. The number of morpholine rings is 1. The summed E-state index contributed by atoms with van der Waals surface area (Å²) in [4.78, 5) is 14.5. The fraction of sp³-hybridized carbons (Fsp3) is 0.923. The maximum Gasteiger partial charge on any atom is 0.240 e. The summed E-state index contributed by atoms with van der Waals surface area (Å²) in [5.41, 5.74) is -0.529. The monoisotopic (exact) mass is 272 g/mol. The Balaban J connectivity index is 2.05. The van der Waals surface area contributed by atoms with Crippen LogP contribution in [0.2, 0.25) is 0 Å². The molecule has 0 aromatic heterocycles. The molecule has 2 heterocycles. The van der Waals surface area contributed by atoms with Gasteiger partial charge in [0.05, 0.1) is 17.2 Å². The highest BCUT2D eigenvalue weighted by molar-refractivity contribution is 7.99. The second-order valence-corrected chi connectivity index (χ2v) is 7.55. The van der Waals surface area contributed by atoms with Gasteiger partial charge in [-0.1, -0.05) is 0 Å². The Hall–Kier alpha value is -0.260. The average Bonchev–Trinajstić information content (AvgIpc) is 2.25. The molecule has 0 aliphatic carbocycles. The molecule has 0 radical (unpaired) electrons. The van der Waals surface area contributed by atoms with Crippen molar-refractivity contribution in [2.24, 2.45) is 0 Å². The van der Waals surface area contributed by atoms with Crippen molar-refractivity contribution in [1.82, 2.24) is 10.2 Å². The van der Waals surface area contributed by atoms with Crippen LogP contribution in [0, 0.1) is 0 Å². The predicted molar refractivity (Wildman–Crippen MR) is 74.9 cm³/mol. The minimum atomic E-state index is -0.265. The molecular weight excluding hydrogens is 248 g/mol. The topological polar surface area (TPSA) is 41.6 Å². The van der Waals surface area contributed by atoms with Gasteiger partial charge >= 0.3 is 0 Å². The first-order valence-corrected chi connectivity index (χ1v) is 7.75. The molecule has 2 fully saturated rings. The molecule has 4 nitrogen and oxygen atoms in total. The van der Waals surface area contributed by atoms with Crippen LogP contribution in [0.25, 0.3) is 0 Å². The van der Waals surface area contributed by atoms with Gasteiger partial charge in [-0.05, 0) is 27.7 Å². The Bertz CT molecular complexity index is 309.